The highest BCUT2D eigenvalue weighted by Crippen LogP contribution is 2.34. The van der Waals surface area contributed by atoms with Crippen LogP contribution < -0.4 is 10.3 Å². The summed E-state index contributed by atoms with van der Waals surface area (Å²) in [6.45, 7) is 1.91. The van der Waals surface area contributed by atoms with Crippen molar-refractivity contribution in [3.63, 3.8) is 0 Å². The Morgan fingerprint density at radius 3 is 2.52 bits per heavy atom. The first kappa shape index (κ1) is 21.5. The lowest BCUT2D eigenvalue weighted by atomic mass is 9.76. The number of aryl methyl sites for hydroxylation is 2. The molecule has 2 aromatic carbocycles. The van der Waals surface area contributed by atoms with Crippen LogP contribution in [0.3, 0.4) is 0 Å². The van der Waals surface area contributed by atoms with E-state index in [2.05, 4.69) is 34.1 Å². The van der Waals surface area contributed by atoms with E-state index in [1.807, 2.05) is 37.3 Å². The first-order chi connectivity index (χ1) is 14.7. The van der Waals surface area contributed by atoms with Crippen LogP contribution in [0.1, 0.15) is 34.7 Å². The zero-order valence-corrected chi connectivity index (χ0v) is 18.8. The van der Waals surface area contributed by atoms with Gasteiger partial charge in [0.2, 0.25) is 10.0 Å². The fraction of sp³-hybridized carbons (Fsp3) is 0.333. The minimum atomic E-state index is -3.41. The van der Waals surface area contributed by atoms with Crippen molar-refractivity contribution in [1.82, 2.24) is 14.5 Å². The van der Waals surface area contributed by atoms with Gasteiger partial charge in [0.1, 0.15) is 0 Å². The zero-order valence-electron chi connectivity index (χ0n) is 18.0. The summed E-state index contributed by atoms with van der Waals surface area (Å²) in [6.07, 6.45) is 3.02. The summed E-state index contributed by atoms with van der Waals surface area (Å²) in [5.41, 5.74) is 5.61. The van der Waals surface area contributed by atoms with Gasteiger partial charge in [-0.1, -0.05) is 54.6 Å². The van der Waals surface area contributed by atoms with Crippen molar-refractivity contribution in [2.75, 3.05) is 6.26 Å². The van der Waals surface area contributed by atoms with Crippen molar-refractivity contribution in [3.8, 4) is 11.1 Å². The molecule has 0 amide bonds. The lowest BCUT2D eigenvalue weighted by molar-refractivity contribution is 0.419. The Bertz CT molecular complexity index is 1270. The third-order valence-corrected chi connectivity index (χ3v) is 6.73. The van der Waals surface area contributed by atoms with E-state index in [9.17, 15) is 13.2 Å². The van der Waals surface area contributed by atoms with Crippen LogP contribution in [0.15, 0.2) is 59.4 Å². The second kappa shape index (κ2) is 8.40. The van der Waals surface area contributed by atoms with Gasteiger partial charge < -0.3 is 0 Å². The van der Waals surface area contributed by atoms with E-state index in [1.54, 1.807) is 7.05 Å². The largest absolute Gasteiger partial charge is 0.270 e. The second-order valence-electron chi connectivity index (χ2n) is 8.32. The van der Waals surface area contributed by atoms with Crippen molar-refractivity contribution in [3.05, 3.63) is 87.3 Å². The van der Waals surface area contributed by atoms with Crippen LogP contribution >= 0.6 is 0 Å². The molecule has 1 N–H and O–H groups in total. The van der Waals surface area contributed by atoms with E-state index in [0.29, 0.717) is 24.8 Å². The molecule has 0 saturated heterocycles. The molecule has 0 bridgehead atoms. The van der Waals surface area contributed by atoms with Gasteiger partial charge in [-0.3, -0.25) is 4.79 Å². The molecule has 4 rings (SSSR count). The first-order valence-electron chi connectivity index (χ1n) is 10.4. The Morgan fingerprint density at radius 2 is 1.81 bits per heavy atom. The minimum Gasteiger partial charge on any atom is -0.267 e. The highest BCUT2D eigenvalue weighted by molar-refractivity contribution is 7.88. The van der Waals surface area contributed by atoms with E-state index in [4.69, 9.17) is 0 Å². The van der Waals surface area contributed by atoms with Gasteiger partial charge in [-0.2, -0.15) is 5.10 Å². The molecule has 1 aliphatic rings. The maximum absolute atomic E-state index is 13.1. The summed E-state index contributed by atoms with van der Waals surface area (Å²) < 4.78 is 28.3. The molecule has 1 heterocycles. The van der Waals surface area contributed by atoms with E-state index < -0.39 is 10.0 Å². The average Bonchev–Trinajstić information content (AvgIpc) is 2.73. The third-order valence-electron chi connectivity index (χ3n) is 6.00. The van der Waals surface area contributed by atoms with Crippen molar-refractivity contribution in [1.29, 1.82) is 0 Å². The topological polar surface area (TPSA) is 81.1 Å². The quantitative estimate of drug-likeness (QED) is 0.665. The number of fused-ring (bicyclic) bond motifs is 1. The molecule has 2 atom stereocenters. The van der Waals surface area contributed by atoms with E-state index in [-0.39, 0.29) is 17.5 Å². The van der Waals surface area contributed by atoms with Gasteiger partial charge >= 0.3 is 0 Å². The molecule has 3 aromatic rings. The minimum absolute atomic E-state index is 0.148. The zero-order chi connectivity index (χ0) is 22.2. The standard InChI is InChI=1S/C24H27N3O3S/c1-16-20-12-13-22(26-31(3,29)30)21(23(20)24(28)27(2)25-16)15-17-8-7-11-19(14-17)18-9-5-4-6-10-18/h4-11,14,21-22,26H,12-13,15H2,1-3H3. The van der Waals surface area contributed by atoms with Crippen LogP contribution in [-0.2, 0) is 29.9 Å². The number of nitrogens with one attached hydrogen (secondary N) is 1. The van der Waals surface area contributed by atoms with Crippen LogP contribution in [0.4, 0.5) is 0 Å². The fourth-order valence-corrected chi connectivity index (χ4v) is 5.48. The van der Waals surface area contributed by atoms with Gasteiger partial charge in [0.15, 0.2) is 0 Å². The second-order valence-corrected chi connectivity index (χ2v) is 10.1. The van der Waals surface area contributed by atoms with Crippen molar-refractivity contribution < 1.29 is 8.42 Å². The Balaban J connectivity index is 1.78. The number of nitrogens with zero attached hydrogens (tertiary/aromatic N) is 2. The van der Waals surface area contributed by atoms with Gasteiger partial charge in [0.25, 0.3) is 5.56 Å². The molecule has 1 aliphatic carbocycles. The van der Waals surface area contributed by atoms with Gasteiger partial charge in [-0.05, 0) is 48.4 Å². The van der Waals surface area contributed by atoms with Gasteiger partial charge in [0, 0.05) is 24.6 Å². The lowest BCUT2D eigenvalue weighted by Crippen LogP contribution is -2.45. The predicted molar refractivity (Wildman–Crippen MR) is 123 cm³/mol. The normalized spacial score (nSPS) is 18.5. The summed E-state index contributed by atoms with van der Waals surface area (Å²) in [5, 5.41) is 4.35. The summed E-state index contributed by atoms with van der Waals surface area (Å²) in [4.78, 5) is 13.1. The number of sulfonamides is 1. The molecule has 0 aliphatic heterocycles. The monoisotopic (exact) mass is 437 g/mol. The van der Waals surface area contributed by atoms with Crippen LogP contribution in [0.5, 0.6) is 0 Å². The van der Waals surface area contributed by atoms with Crippen molar-refractivity contribution >= 4 is 10.0 Å². The molecular formula is C24H27N3O3S. The van der Waals surface area contributed by atoms with Crippen LogP contribution in [0.25, 0.3) is 11.1 Å². The van der Waals surface area contributed by atoms with E-state index in [0.717, 1.165) is 27.9 Å². The number of benzene rings is 2. The van der Waals surface area contributed by atoms with Crippen molar-refractivity contribution in [2.45, 2.75) is 38.1 Å². The van der Waals surface area contributed by atoms with Crippen LogP contribution in [0, 0.1) is 6.92 Å². The summed E-state index contributed by atoms with van der Waals surface area (Å²) >= 11 is 0. The number of hydrogen-bond acceptors (Lipinski definition) is 4. The summed E-state index contributed by atoms with van der Waals surface area (Å²) in [6, 6.07) is 18.0. The fourth-order valence-electron chi connectivity index (χ4n) is 4.65. The molecule has 0 saturated carbocycles. The molecule has 31 heavy (non-hydrogen) atoms. The van der Waals surface area contributed by atoms with Gasteiger partial charge in [0.05, 0.1) is 11.9 Å². The number of hydrogen-bond donors (Lipinski definition) is 1. The Labute approximate surface area is 183 Å². The molecule has 0 fully saturated rings. The summed E-state index contributed by atoms with van der Waals surface area (Å²) in [7, 11) is -1.76. The van der Waals surface area contributed by atoms with Crippen molar-refractivity contribution in [2.24, 2.45) is 7.05 Å². The Kier molecular flexibility index (Phi) is 5.81. The third kappa shape index (κ3) is 4.62. The SMILES string of the molecule is Cc1nn(C)c(=O)c2c1CCC(NS(C)(=O)=O)C2Cc1cccc(-c2ccccc2)c1. The average molecular weight is 438 g/mol. The summed E-state index contributed by atoms with van der Waals surface area (Å²) in [5.74, 6) is -0.259. The smallest absolute Gasteiger partial charge is 0.267 e. The highest BCUT2D eigenvalue weighted by Gasteiger charge is 2.35. The van der Waals surface area contributed by atoms with E-state index in [1.165, 1.54) is 10.9 Å². The Hall–Kier alpha value is -2.77. The molecule has 6 nitrogen and oxygen atoms in total. The van der Waals surface area contributed by atoms with Crippen LogP contribution in [0.2, 0.25) is 0 Å². The highest BCUT2D eigenvalue weighted by atomic mass is 32.2. The maximum atomic E-state index is 13.1. The molecule has 162 valence electrons. The number of rotatable bonds is 5. The van der Waals surface area contributed by atoms with Gasteiger partial charge in [-0.25, -0.2) is 17.8 Å². The molecule has 1 aromatic heterocycles. The van der Waals surface area contributed by atoms with E-state index >= 15 is 0 Å². The van der Waals surface area contributed by atoms with Crippen LogP contribution in [-0.4, -0.2) is 30.5 Å². The molecule has 0 radical (unpaired) electrons. The van der Waals surface area contributed by atoms with Gasteiger partial charge in [-0.15, -0.1) is 0 Å². The molecule has 2 unspecified atom stereocenters. The predicted octanol–water partition coefficient (Wildman–Crippen LogP) is 2.95. The number of aromatic nitrogens is 2. The molecule has 7 heteroatoms. The maximum Gasteiger partial charge on any atom is 0.270 e. The lowest BCUT2D eigenvalue weighted by Gasteiger charge is -2.34. The first-order valence-corrected chi connectivity index (χ1v) is 12.3. The molecule has 0 spiro atoms. The molecular weight excluding hydrogens is 410 g/mol. The Morgan fingerprint density at radius 1 is 1.10 bits per heavy atom.